The first-order chi connectivity index (χ1) is 7.25. The van der Waals surface area contributed by atoms with Gasteiger partial charge in [-0.15, -0.1) is 11.3 Å². The Morgan fingerprint density at radius 1 is 1.53 bits per heavy atom. The zero-order valence-corrected chi connectivity index (χ0v) is 10.4. The van der Waals surface area contributed by atoms with Crippen molar-refractivity contribution in [2.75, 3.05) is 0 Å². The topological polar surface area (TPSA) is 24.9 Å². The molecule has 1 aromatic heterocycles. The second-order valence-electron chi connectivity index (χ2n) is 4.69. The molecule has 0 aliphatic heterocycles. The monoisotopic (exact) mass is 224 g/mol. The molecule has 0 bridgehead atoms. The average Bonchev–Trinajstić information content (AvgIpc) is 2.64. The highest BCUT2D eigenvalue weighted by Crippen LogP contribution is 2.30. The fraction of sp³-hybridized carbons (Fsp3) is 0.750. The molecule has 1 heterocycles. The highest BCUT2D eigenvalue weighted by atomic mass is 32.1. The van der Waals surface area contributed by atoms with E-state index in [-0.39, 0.29) is 0 Å². The van der Waals surface area contributed by atoms with Gasteiger partial charge in [0.05, 0.1) is 6.04 Å². The third-order valence-corrected chi connectivity index (χ3v) is 4.23. The summed E-state index contributed by atoms with van der Waals surface area (Å²) in [6.07, 6.45) is 7.54. The van der Waals surface area contributed by atoms with Gasteiger partial charge in [-0.3, -0.25) is 0 Å². The Kier molecular flexibility index (Phi) is 3.76. The van der Waals surface area contributed by atoms with E-state index in [0.29, 0.717) is 12.1 Å². The Labute approximate surface area is 96.1 Å². The summed E-state index contributed by atoms with van der Waals surface area (Å²) in [6.45, 7) is 4.50. The van der Waals surface area contributed by atoms with Gasteiger partial charge in [-0.05, 0) is 26.2 Å². The van der Waals surface area contributed by atoms with E-state index in [1.807, 2.05) is 11.6 Å². The van der Waals surface area contributed by atoms with Gasteiger partial charge in [-0.2, -0.15) is 0 Å². The molecule has 2 nitrogen and oxygen atoms in total. The van der Waals surface area contributed by atoms with Crippen LogP contribution in [0.1, 0.15) is 50.6 Å². The number of hydrogen-bond acceptors (Lipinski definition) is 3. The van der Waals surface area contributed by atoms with Crippen LogP contribution in [0.4, 0.5) is 0 Å². The Morgan fingerprint density at radius 2 is 2.33 bits per heavy atom. The summed E-state index contributed by atoms with van der Waals surface area (Å²) in [6, 6.07) is 1.02. The summed E-state index contributed by atoms with van der Waals surface area (Å²) in [5.41, 5.74) is 0. The zero-order chi connectivity index (χ0) is 10.7. The molecule has 0 amide bonds. The number of hydrogen-bond donors (Lipinski definition) is 1. The Balaban J connectivity index is 1.75. The van der Waals surface area contributed by atoms with Crippen LogP contribution in [0.25, 0.3) is 0 Å². The number of aromatic nitrogens is 1. The van der Waals surface area contributed by atoms with E-state index >= 15 is 0 Å². The summed E-state index contributed by atoms with van der Waals surface area (Å²) in [5, 5.41) is 6.88. The van der Waals surface area contributed by atoms with E-state index in [1.165, 1.54) is 30.7 Å². The van der Waals surface area contributed by atoms with Gasteiger partial charge < -0.3 is 5.32 Å². The number of nitrogens with one attached hydrogen (secondary N) is 1. The highest BCUT2D eigenvalue weighted by molar-refractivity contribution is 7.09. The van der Waals surface area contributed by atoms with Crippen molar-refractivity contribution in [2.24, 2.45) is 5.92 Å². The van der Waals surface area contributed by atoms with Gasteiger partial charge in [0.1, 0.15) is 5.01 Å². The van der Waals surface area contributed by atoms with Gasteiger partial charge in [-0.1, -0.05) is 19.3 Å². The molecule has 15 heavy (non-hydrogen) atoms. The average molecular weight is 224 g/mol. The van der Waals surface area contributed by atoms with Crippen molar-refractivity contribution in [2.45, 2.75) is 51.6 Å². The molecule has 3 heteroatoms. The molecule has 1 aromatic rings. The molecular weight excluding hydrogens is 204 g/mol. The van der Waals surface area contributed by atoms with Crippen LogP contribution in [-0.2, 0) is 0 Å². The third kappa shape index (κ3) is 3.02. The standard InChI is InChI=1S/C12H20N2S/c1-9(8-11-4-3-5-11)14-10(2)12-13-6-7-15-12/h6-7,9-11,14H,3-5,8H2,1-2H3. The van der Waals surface area contributed by atoms with Crippen LogP contribution in [0.2, 0.25) is 0 Å². The fourth-order valence-electron chi connectivity index (χ4n) is 2.24. The maximum absolute atomic E-state index is 4.34. The molecule has 2 atom stereocenters. The van der Waals surface area contributed by atoms with Gasteiger partial charge in [0.15, 0.2) is 0 Å². The van der Waals surface area contributed by atoms with E-state index in [0.717, 1.165) is 5.92 Å². The molecule has 1 aliphatic rings. The van der Waals surface area contributed by atoms with Crippen molar-refractivity contribution in [3.05, 3.63) is 16.6 Å². The minimum atomic E-state index is 0.403. The van der Waals surface area contributed by atoms with Crippen LogP contribution in [0.3, 0.4) is 0 Å². The van der Waals surface area contributed by atoms with E-state index < -0.39 is 0 Å². The van der Waals surface area contributed by atoms with Crippen LogP contribution in [0.5, 0.6) is 0 Å². The largest absolute Gasteiger partial charge is 0.306 e. The first-order valence-corrected chi connectivity index (χ1v) is 6.79. The van der Waals surface area contributed by atoms with Crippen molar-refractivity contribution in [3.8, 4) is 0 Å². The summed E-state index contributed by atoms with van der Waals surface area (Å²) in [4.78, 5) is 4.34. The molecule has 1 aliphatic carbocycles. The van der Waals surface area contributed by atoms with E-state index in [4.69, 9.17) is 0 Å². The molecule has 2 rings (SSSR count). The lowest BCUT2D eigenvalue weighted by molar-refractivity contribution is 0.259. The van der Waals surface area contributed by atoms with Gasteiger partial charge in [0.25, 0.3) is 0 Å². The quantitative estimate of drug-likeness (QED) is 0.829. The molecule has 1 fully saturated rings. The number of thiazole rings is 1. The van der Waals surface area contributed by atoms with Gasteiger partial charge in [0, 0.05) is 17.6 Å². The second-order valence-corrected chi connectivity index (χ2v) is 5.62. The van der Waals surface area contributed by atoms with E-state index in [9.17, 15) is 0 Å². The van der Waals surface area contributed by atoms with Crippen LogP contribution in [0, 0.1) is 5.92 Å². The summed E-state index contributed by atoms with van der Waals surface area (Å²) < 4.78 is 0. The van der Waals surface area contributed by atoms with Crippen molar-refractivity contribution in [1.29, 1.82) is 0 Å². The molecule has 0 spiro atoms. The minimum Gasteiger partial charge on any atom is -0.306 e. The molecule has 1 saturated carbocycles. The van der Waals surface area contributed by atoms with E-state index in [1.54, 1.807) is 11.3 Å². The predicted octanol–water partition coefficient (Wildman–Crippen LogP) is 3.37. The molecule has 0 aromatic carbocycles. The summed E-state index contributed by atoms with van der Waals surface area (Å²) in [5.74, 6) is 0.982. The van der Waals surface area contributed by atoms with Crippen molar-refractivity contribution >= 4 is 11.3 Å². The third-order valence-electron chi connectivity index (χ3n) is 3.27. The van der Waals surface area contributed by atoms with Crippen molar-refractivity contribution in [3.63, 3.8) is 0 Å². The number of rotatable bonds is 5. The molecule has 84 valence electrons. The first kappa shape index (κ1) is 11.1. The Morgan fingerprint density at radius 3 is 2.87 bits per heavy atom. The van der Waals surface area contributed by atoms with Crippen LogP contribution in [-0.4, -0.2) is 11.0 Å². The van der Waals surface area contributed by atoms with Crippen molar-refractivity contribution in [1.82, 2.24) is 10.3 Å². The molecular formula is C12H20N2S. The normalized spacial score (nSPS) is 20.9. The molecule has 2 unspecified atom stereocenters. The number of nitrogens with zero attached hydrogens (tertiary/aromatic N) is 1. The lowest BCUT2D eigenvalue weighted by Crippen LogP contribution is -2.32. The Hall–Kier alpha value is -0.410. The highest BCUT2D eigenvalue weighted by Gasteiger charge is 2.21. The maximum Gasteiger partial charge on any atom is 0.109 e. The summed E-state index contributed by atoms with van der Waals surface area (Å²) >= 11 is 1.74. The van der Waals surface area contributed by atoms with Gasteiger partial charge in [-0.25, -0.2) is 4.98 Å². The van der Waals surface area contributed by atoms with Crippen molar-refractivity contribution < 1.29 is 0 Å². The van der Waals surface area contributed by atoms with Gasteiger partial charge >= 0.3 is 0 Å². The minimum absolute atomic E-state index is 0.403. The zero-order valence-electron chi connectivity index (χ0n) is 9.57. The second kappa shape index (κ2) is 5.08. The van der Waals surface area contributed by atoms with Crippen LogP contribution >= 0.6 is 11.3 Å². The van der Waals surface area contributed by atoms with E-state index in [2.05, 4.69) is 24.1 Å². The SMILES string of the molecule is CC(CC1CCC1)NC(C)c1nccs1. The lowest BCUT2D eigenvalue weighted by Gasteiger charge is -2.29. The smallest absolute Gasteiger partial charge is 0.109 e. The lowest BCUT2D eigenvalue weighted by atomic mass is 9.81. The predicted molar refractivity (Wildman–Crippen MR) is 65.1 cm³/mol. The first-order valence-electron chi connectivity index (χ1n) is 5.91. The molecule has 1 N–H and O–H groups in total. The maximum atomic E-state index is 4.34. The van der Waals surface area contributed by atoms with Crippen LogP contribution in [0.15, 0.2) is 11.6 Å². The van der Waals surface area contributed by atoms with Crippen LogP contribution < -0.4 is 5.32 Å². The Bertz CT molecular complexity index is 280. The summed E-state index contributed by atoms with van der Waals surface area (Å²) in [7, 11) is 0. The fourth-order valence-corrected chi connectivity index (χ4v) is 2.90. The molecule has 0 radical (unpaired) electrons. The molecule has 0 saturated heterocycles. The van der Waals surface area contributed by atoms with Gasteiger partial charge in [0.2, 0.25) is 0 Å².